The normalized spacial score (nSPS) is 30.5. The van der Waals surface area contributed by atoms with E-state index in [0.717, 1.165) is 30.7 Å². The van der Waals surface area contributed by atoms with Crippen LogP contribution in [0.2, 0.25) is 0 Å². The van der Waals surface area contributed by atoms with Crippen LogP contribution < -0.4 is 10.8 Å². The minimum absolute atomic E-state index is 0.206. The topological polar surface area (TPSA) is 91.9 Å². The van der Waals surface area contributed by atoms with E-state index in [1.165, 1.54) is 0 Å². The van der Waals surface area contributed by atoms with Crippen molar-refractivity contribution in [3.63, 3.8) is 0 Å². The first kappa shape index (κ1) is 16.3. The maximum Gasteiger partial charge on any atom is 0.145 e. The fourth-order valence-electron chi connectivity index (χ4n) is 3.54. The number of nitrogens with zero attached hydrogens (tertiary/aromatic N) is 2. The van der Waals surface area contributed by atoms with E-state index < -0.39 is 5.97 Å². The SMILES string of the molecule is CCC1C=CSC1c1cnc(N)c(C2CCC(C(=O)[O-])CC2)n1. The number of hydrogen-bond donors (Lipinski definition) is 1. The summed E-state index contributed by atoms with van der Waals surface area (Å²) in [4.78, 5) is 20.2. The van der Waals surface area contributed by atoms with Crippen LogP contribution in [0.5, 0.6) is 0 Å². The molecule has 0 aromatic carbocycles. The summed E-state index contributed by atoms with van der Waals surface area (Å²) in [6, 6.07) is 0. The van der Waals surface area contributed by atoms with E-state index in [-0.39, 0.29) is 11.8 Å². The Kier molecular flexibility index (Phi) is 4.90. The molecule has 0 bridgehead atoms. The van der Waals surface area contributed by atoms with Gasteiger partial charge in [-0.2, -0.15) is 0 Å². The Labute approximate surface area is 140 Å². The molecule has 0 spiro atoms. The van der Waals surface area contributed by atoms with Crippen LogP contribution in [0.4, 0.5) is 5.82 Å². The zero-order valence-electron chi connectivity index (χ0n) is 13.3. The van der Waals surface area contributed by atoms with Crippen molar-refractivity contribution in [2.75, 3.05) is 5.73 Å². The van der Waals surface area contributed by atoms with Gasteiger partial charge >= 0.3 is 0 Å². The first-order valence-corrected chi connectivity index (χ1v) is 9.19. The highest BCUT2D eigenvalue weighted by Gasteiger charge is 2.29. The number of rotatable bonds is 4. The maximum atomic E-state index is 11.0. The number of aliphatic carboxylic acids is 1. The second-order valence-electron chi connectivity index (χ2n) is 6.39. The third kappa shape index (κ3) is 3.37. The average molecular weight is 332 g/mol. The summed E-state index contributed by atoms with van der Waals surface area (Å²) in [5, 5.41) is 13.4. The Bertz CT molecular complexity index is 612. The number of aromatic nitrogens is 2. The largest absolute Gasteiger partial charge is 0.550 e. The highest BCUT2D eigenvalue weighted by Crippen LogP contribution is 2.44. The van der Waals surface area contributed by atoms with E-state index in [2.05, 4.69) is 23.4 Å². The first-order valence-electron chi connectivity index (χ1n) is 8.25. The zero-order chi connectivity index (χ0) is 16.4. The third-order valence-electron chi connectivity index (χ3n) is 5.00. The molecule has 2 heterocycles. The van der Waals surface area contributed by atoms with Gasteiger partial charge < -0.3 is 15.6 Å². The lowest BCUT2D eigenvalue weighted by Crippen LogP contribution is -2.33. The van der Waals surface area contributed by atoms with Gasteiger partial charge in [-0.3, -0.25) is 4.98 Å². The Morgan fingerprint density at radius 3 is 2.78 bits per heavy atom. The van der Waals surface area contributed by atoms with Crippen LogP contribution in [0, 0.1) is 11.8 Å². The first-order chi connectivity index (χ1) is 11.1. The van der Waals surface area contributed by atoms with Crippen LogP contribution in [0.15, 0.2) is 17.7 Å². The van der Waals surface area contributed by atoms with Gasteiger partial charge in [0.1, 0.15) is 5.82 Å². The monoisotopic (exact) mass is 332 g/mol. The Morgan fingerprint density at radius 1 is 1.39 bits per heavy atom. The number of carboxylic acids is 1. The van der Waals surface area contributed by atoms with Crippen molar-refractivity contribution in [1.82, 2.24) is 9.97 Å². The zero-order valence-corrected chi connectivity index (χ0v) is 14.1. The van der Waals surface area contributed by atoms with Gasteiger partial charge in [0.25, 0.3) is 0 Å². The molecule has 124 valence electrons. The second kappa shape index (κ2) is 6.91. The number of nitrogens with two attached hydrogens (primary N) is 1. The van der Waals surface area contributed by atoms with Crippen molar-refractivity contribution < 1.29 is 9.90 Å². The quantitative estimate of drug-likeness (QED) is 0.910. The minimum atomic E-state index is -0.935. The highest BCUT2D eigenvalue weighted by atomic mass is 32.2. The summed E-state index contributed by atoms with van der Waals surface area (Å²) in [5.41, 5.74) is 7.89. The summed E-state index contributed by atoms with van der Waals surface area (Å²) < 4.78 is 0. The number of carbonyl (C=O) groups is 1. The minimum Gasteiger partial charge on any atom is -0.550 e. The van der Waals surface area contributed by atoms with E-state index in [1.807, 2.05) is 0 Å². The van der Waals surface area contributed by atoms with Gasteiger partial charge in [-0.25, -0.2) is 4.98 Å². The summed E-state index contributed by atoms with van der Waals surface area (Å²) in [6.45, 7) is 2.18. The third-order valence-corrected chi connectivity index (χ3v) is 6.20. The van der Waals surface area contributed by atoms with Crippen molar-refractivity contribution in [2.24, 2.45) is 11.8 Å². The lowest BCUT2D eigenvalue weighted by molar-refractivity contribution is -0.312. The number of nitrogen functional groups attached to an aromatic ring is 1. The molecule has 1 aliphatic carbocycles. The predicted octanol–water partition coefficient (Wildman–Crippen LogP) is 2.41. The fraction of sp³-hybridized carbons (Fsp3) is 0.588. The van der Waals surface area contributed by atoms with Gasteiger partial charge in [0.15, 0.2) is 0 Å². The molecular formula is C17H22N3O2S-. The molecular weight excluding hydrogens is 310 g/mol. The molecule has 2 N–H and O–H groups in total. The van der Waals surface area contributed by atoms with E-state index in [0.29, 0.717) is 29.8 Å². The highest BCUT2D eigenvalue weighted by molar-refractivity contribution is 8.02. The van der Waals surface area contributed by atoms with Crippen molar-refractivity contribution >= 4 is 23.5 Å². The molecule has 1 aromatic rings. The van der Waals surface area contributed by atoms with Crippen molar-refractivity contribution in [1.29, 1.82) is 0 Å². The second-order valence-corrected chi connectivity index (χ2v) is 7.44. The summed E-state index contributed by atoms with van der Waals surface area (Å²) in [6.07, 6.45) is 7.94. The van der Waals surface area contributed by atoms with Crippen LogP contribution in [-0.4, -0.2) is 15.9 Å². The molecule has 1 fully saturated rings. The van der Waals surface area contributed by atoms with Gasteiger partial charge in [-0.05, 0) is 49.3 Å². The number of allylic oxidation sites excluding steroid dienone is 1. The Balaban J connectivity index is 1.78. The van der Waals surface area contributed by atoms with Crippen LogP contribution >= 0.6 is 11.8 Å². The number of carboxylic acid groups (broad SMARTS) is 1. The maximum absolute atomic E-state index is 11.0. The molecule has 2 aliphatic rings. The number of hydrogen-bond acceptors (Lipinski definition) is 6. The molecule has 2 atom stereocenters. The number of anilines is 1. The molecule has 3 rings (SSSR count). The molecule has 1 saturated carbocycles. The van der Waals surface area contributed by atoms with Crippen LogP contribution in [0.25, 0.3) is 0 Å². The number of carbonyl (C=O) groups excluding carboxylic acids is 1. The van der Waals surface area contributed by atoms with Crippen molar-refractivity contribution in [3.8, 4) is 0 Å². The van der Waals surface area contributed by atoms with Crippen LogP contribution in [-0.2, 0) is 4.79 Å². The molecule has 2 unspecified atom stereocenters. The van der Waals surface area contributed by atoms with Crippen LogP contribution in [0.3, 0.4) is 0 Å². The smallest absolute Gasteiger partial charge is 0.145 e. The molecule has 0 radical (unpaired) electrons. The van der Waals surface area contributed by atoms with Crippen LogP contribution in [0.1, 0.15) is 61.6 Å². The standard InChI is InChI=1S/C17H23N3O2S/c1-2-10-7-8-23-15(10)13-9-19-16(18)14(20-13)11-3-5-12(6-4-11)17(21)22/h7-12,15H,2-6H2,1H3,(H2,18,19)(H,21,22)/p-1. The Hall–Kier alpha value is -1.56. The van der Waals surface area contributed by atoms with E-state index in [9.17, 15) is 9.90 Å². The summed E-state index contributed by atoms with van der Waals surface area (Å²) in [7, 11) is 0. The van der Waals surface area contributed by atoms with E-state index in [4.69, 9.17) is 10.7 Å². The fourth-order valence-corrected chi connectivity index (χ4v) is 4.74. The average Bonchev–Trinajstić information content (AvgIpc) is 3.04. The van der Waals surface area contributed by atoms with Gasteiger partial charge in [0, 0.05) is 11.9 Å². The Morgan fingerprint density at radius 2 is 2.13 bits per heavy atom. The van der Waals surface area contributed by atoms with E-state index in [1.54, 1.807) is 18.0 Å². The molecule has 0 amide bonds. The molecule has 0 saturated heterocycles. The predicted molar refractivity (Wildman–Crippen MR) is 89.4 cm³/mol. The molecule has 23 heavy (non-hydrogen) atoms. The van der Waals surface area contributed by atoms with Gasteiger partial charge in [-0.1, -0.05) is 13.0 Å². The molecule has 5 nitrogen and oxygen atoms in total. The molecule has 1 aliphatic heterocycles. The van der Waals surface area contributed by atoms with E-state index >= 15 is 0 Å². The van der Waals surface area contributed by atoms with Gasteiger partial charge in [-0.15, -0.1) is 11.8 Å². The lowest BCUT2D eigenvalue weighted by atomic mass is 9.80. The summed E-state index contributed by atoms with van der Waals surface area (Å²) in [5.74, 6) is -0.0927. The summed E-state index contributed by atoms with van der Waals surface area (Å²) >= 11 is 1.78. The van der Waals surface area contributed by atoms with Gasteiger partial charge in [0.2, 0.25) is 0 Å². The number of thioether (sulfide) groups is 1. The lowest BCUT2D eigenvalue weighted by Gasteiger charge is -2.29. The molecule has 1 aromatic heterocycles. The van der Waals surface area contributed by atoms with Crippen molar-refractivity contribution in [3.05, 3.63) is 29.1 Å². The van der Waals surface area contributed by atoms with Gasteiger partial charge in [0.05, 0.1) is 22.8 Å². The van der Waals surface area contributed by atoms with Crippen molar-refractivity contribution in [2.45, 2.75) is 50.2 Å². The molecule has 6 heteroatoms.